The molecule has 18 heavy (non-hydrogen) atoms. The predicted octanol–water partition coefficient (Wildman–Crippen LogP) is 3.33. The Bertz CT molecular complexity index is 409. The van der Waals surface area contributed by atoms with Crippen molar-refractivity contribution in [1.82, 2.24) is 4.90 Å². The zero-order valence-corrected chi connectivity index (χ0v) is 10.6. The molecule has 0 atom stereocenters. The third-order valence-corrected chi connectivity index (χ3v) is 2.66. The van der Waals surface area contributed by atoms with E-state index in [9.17, 15) is 18.0 Å². The van der Waals surface area contributed by atoms with Gasteiger partial charge in [-0.2, -0.15) is 13.2 Å². The molecule has 0 fully saturated rings. The van der Waals surface area contributed by atoms with Crippen LogP contribution in [-0.4, -0.2) is 24.0 Å². The quantitative estimate of drug-likeness (QED) is 0.815. The second-order valence-corrected chi connectivity index (χ2v) is 4.56. The highest BCUT2D eigenvalue weighted by Gasteiger charge is 2.41. The number of halogens is 3. The van der Waals surface area contributed by atoms with Crippen LogP contribution in [0.25, 0.3) is 0 Å². The summed E-state index contributed by atoms with van der Waals surface area (Å²) in [6.07, 6.45) is -4.81. The summed E-state index contributed by atoms with van der Waals surface area (Å²) in [5, 5.41) is 0. The zero-order chi connectivity index (χ0) is 13.9. The van der Waals surface area contributed by atoms with Gasteiger partial charge in [0.15, 0.2) is 0 Å². The van der Waals surface area contributed by atoms with Gasteiger partial charge in [-0.3, -0.25) is 4.79 Å². The summed E-state index contributed by atoms with van der Waals surface area (Å²) in [6.45, 7) is 4.03. The molecule has 0 aliphatic carbocycles. The molecule has 0 saturated heterocycles. The van der Waals surface area contributed by atoms with Crippen LogP contribution >= 0.6 is 0 Å². The lowest BCUT2D eigenvalue weighted by Gasteiger charge is -2.19. The first-order valence-electron chi connectivity index (χ1n) is 5.63. The molecule has 0 spiro atoms. The SMILES string of the molecule is CC(C)c1ccc(CN(C)C(=O)C(F)(F)F)cc1. The Labute approximate surface area is 104 Å². The number of alkyl halides is 3. The van der Waals surface area contributed by atoms with Gasteiger partial charge in [0.05, 0.1) is 0 Å². The average Bonchev–Trinajstić information content (AvgIpc) is 2.27. The van der Waals surface area contributed by atoms with Crippen LogP contribution in [0, 0.1) is 0 Å². The van der Waals surface area contributed by atoms with E-state index in [2.05, 4.69) is 0 Å². The molecule has 0 aliphatic heterocycles. The summed E-state index contributed by atoms with van der Waals surface area (Å²) in [5.41, 5.74) is 1.79. The van der Waals surface area contributed by atoms with Crippen LogP contribution in [0.15, 0.2) is 24.3 Å². The van der Waals surface area contributed by atoms with Crippen LogP contribution in [0.3, 0.4) is 0 Å². The monoisotopic (exact) mass is 259 g/mol. The van der Waals surface area contributed by atoms with E-state index in [0.717, 1.165) is 12.6 Å². The Morgan fingerprint density at radius 2 is 1.72 bits per heavy atom. The summed E-state index contributed by atoms with van der Waals surface area (Å²) in [4.78, 5) is 11.6. The molecule has 1 aromatic carbocycles. The molecule has 0 N–H and O–H groups in total. The summed E-state index contributed by atoms with van der Waals surface area (Å²) in [6, 6.07) is 7.22. The Kier molecular flexibility index (Phi) is 4.38. The molecule has 1 aromatic rings. The Morgan fingerprint density at radius 3 is 2.11 bits per heavy atom. The van der Waals surface area contributed by atoms with Crippen molar-refractivity contribution in [2.24, 2.45) is 0 Å². The third-order valence-electron chi connectivity index (χ3n) is 2.66. The molecule has 0 aliphatic rings. The molecule has 0 bridgehead atoms. The van der Waals surface area contributed by atoms with Crippen LogP contribution in [0.2, 0.25) is 0 Å². The van der Waals surface area contributed by atoms with Crippen molar-refractivity contribution in [2.75, 3.05) is 7.05 Å². The molecule has 0 radical (unpaired) electrons. The molecule has 0 saturated carbocycles. The predicted molar refractivity (Wildman–Crippen MR) is 63.1 cm³/mol. The van der Waals surface area contributed by atoms with Crippen molar-refractivity contribution in [3.05, 3.63) is 35.4 Å². The van der Waals surface area contributed by atoms with Crippen LogP contribution in [0.1, 0.15) is 30.9 Å². The largest absolute Gasteiger partial charge is 0.471 e. The van der Waals surface area contributed by atoms with Crippen molar-refractivity contribution < 1.29 is 18.0 Å². The topological polar surface area (TPSA) is 20.3 Å². The zero-order valence-electron chi connectivity index (χ0n) is 10.6. The third kappa shape index (κ3) is 3.75. The van der Waals surface area contributed by atoms with E-state index < -0.39 is 12.1 Å². The van der Waals surface area contributed by atoms with Crippen LogP contribution in [0.5, 0.6) is 0 Å². The van der Waals surface area contributed by atoms with Gasteiger partial charge in [0, 0.05) is 13.6 Å². The van der Waals surface area contributed by atoms with Gasteiger partial charge >= 0.3 is 12.1 Å². The van der Waals surface area contributed by atoms with Gasteiger partial charge in [0.2, 0.25) is 0 Å². The molecular weight excluding hydrogens is 243 g/mol. The van der Waals surface area contributed by atoms with Gasteiger partial charge in [0.1, 0.15) is 0 Å². The minimum atomic E-state index is -4.81. The van der Waals surface area contributed by atoms with E-state index >= 15 is 0 Å². The van der Waals surface area contributed by atoms with Gasteiger partial charge in [-0.05, 0) is 17.0 Å². The maximum absolute atomic E-state index is 12.2. The Morgan fingerprint density at radius 1 is 1.22 bits per heavy atom. The first kappa shape index (κ1) is 14.5. The molecule has 1 amide bonds. The number of carbonyl (C=O) groups excluding carboxylic acids is 1. The molecule has 1 rings (SSSR count). The fraction of sp³-hybridized carbons (Fsp3) is 0.462. The van der Waals surface area contributed by atoms with Crippen molar-refractivity contribution >= 4 is 5.91 Å². The smallest absolute Gasteiger partial charge is 0.334 e. The van der Waals surface area contributed by atoms with Crippen molar-refractivity contribution in [3.63, 3.8) is 0 Å². The maximum Gasteiger partial charge on any atom is 0.471 e. The van der Waals surface area contributed by atoms with Gasteiger partial charge in [-0.1, -0.05) is 38.1 Å². The van der Waals surface area contributed by atoms with E-state index in [1.165, 1.54) is 0 Å². The first-order chi connectivity index (χ1) is 8.21. The van der Waals surface area contributed by atoms with Gasteiger partial charge < -0.3 is 4.90 Å². The van der Waals surface area contributed by atoms with E-state index in [1.807, 2.05) is 26.0 Å². The standard InChI is InChI=1S/C13H16F3NO/c1-9(2)11-6-4-10(5-7-11)8-17(3)12(18)13(14,15)16/h4-7,9H,8H2,1-3H3. The second-order valence-electron chi connectivity index (χ2n) is 4.56. The summed E-state index contributed by atoms with van der Waals surface area (Å²) >= 11 is 0. The van der Waals surface area contributed by atoms with Gasteiger partial charge in [0.25, 0.3) is 0 Å². The summed E-state index contributed by atoms with van der Waals surface area (Å²) in [7, 11) is 1.15. The first-order valence-corrected chi connectivity index (χ1v) is 5.63. The van der Waals surface area contributed by atoms with Gasteiger partial charge in [-0.25, -0.2) is 0 Å². The van der Waals surface area contributed by atoms with Crippen molar-refractivity contribution in [2.45, 2.75) is 32.5 Å². The molecule has 5 heteroatoms. The number of rotatable bonds is 3. The molecule has 100 valence electrons. The molecule has 0 unspecified atom stereocenters. The second kappa shape index (κ2) is 5.42. The summed E-state index contributed by atoms with van der Waals surface area (Å²) in [5.74, 6) is -1.45. The highest BCUT2D eigenvalue weighted by Crippen LogP contribution is 2.20. The van der Waals surface area contributed by atoms with E-state index in [-0.39, 0.29) is 6.54 Å². The Hall–Kier alpha value is -1.52. The van der Waals surface area contributed by atoms with E-state index in [0.29, 0.717) is 16.4 Å². The number of hydrogen-bond acceptors (Lipinski definition) is 1. The lowest BCUT2D eigenvalue weighted by molar-refractivity contribution is -0.184. The Balaban J connectivity index is 2.71. The fourth-order valence-corrected chi connectivity index (χ4v) is 1.57. The number of amides is 1. The number of hydrogen-bond donors (Lipinski definition) is 0. The minimum Gasteiger partial charge on any atom is -0.334 e. The van der Waals surface area contributed by atoms with E-state index in [1.54, 1.807) is 12.1 Å². The molecule has 0 heterocycles. The van der Waals surface area contributed by atoms with E-state index in [4.69, 9.17) is 0 Å². The van der Waals surface area contributed by atoms with Crippen molar-refractivity contribution in [1.29, 1.82) is 0 Å². The average molecular weight is 259 g/mol. The lowest BCUT2D eigenvalue weighted by Crippen LogP contribution is -2.37. The highest BCUT2D eigenvalue weighted by molar-refractivity contribution is 5.81. The lowest BCUT2D eigenvalue weighted by atomic mass is 10.0. The number of benzene rings is 1. The minimum absolute atomic E-state index is 0.0449. The molecular formula is C13H16F3NO. The van der Waals surface area contributed by atoms with Crippen LogP contribution in [-0.2, 0) is 11.3 Å². The van der Waals surface area contributed by atoms with Crippen molar-refractivity contribution in [3.8, 4) is 0 Å². The molecule has 2 nitrogen and oxygen atoms in total. The normalized spacial score (nSPS) is 11.7. The number of nitrogens with zero attached hydrogens (tertiary/aromatic N) is 1. The highest BCUT2D eigenvalue weighted by atomic mass is 19.4. The van der Waals surface area contributed by atoms with Crippen LogP contribution in [0.4, 0.5) is 13.2 Å². The van der Waals surface area contributed by atoms with Gasteiger partial charge in [-0.15, -0.1) is 0 Å². The number of carbonyl (C=O) groups is 1. The molecule has 0 aromatic heterocycles. The summed E-state index contributed by atoms with van der Waals surface area (Å²) < 4.78 is 36.5. The van der Waals surface area contributed by atoms with Crippen LogP contribution < -0.4 is 0 Å². The maximum atomic E-state index is 12.2. The fourth-order valence-electron chi connectivity index (χ4n) is 1.57.